The van der Waals surface area contributed by atoms with Crippen molar-refractivity contribution in [3.05, 3.63) is 66.2 Å². The number of ether oxygens (including phenoxy) is 2. The number of methoxy groups -OCH3 is 1. The smallest absolute Gasteiger partial charge is 0.253 e. The first-order chi connectivity index (χ1) is 15.5. The Morgan fingerprint density at radius 1 is 1.16 bits per heavy atom. The van der Waals surface area contributed by atoms with E-state index in [1.807, 2.05) is 60.7 Å². The van der Waals surface area contributed by atoms with Crippen LogP contribution in [0.2, 0.25) is 0 Å². The first-order valence-corrected chi connectivity index (χ1v) is 10.6. The molecule has 0 spiro atoms. The van der Waals surface area contributed by atoms with Crippen molar-refractivity contribution in [1.82, 2.24) is 10.6 Å². The second-order valence-corrected chi connectivity index (χ2v) is 7.74. The molecule has 1 aliphatic rings. The monoisotopic (exact) mass is 433 g/mol. The van der Waals surface area contributed by atoms with E-state index in [9.17, 15) is 9.59 Å². The van der Waals surface area contributed by atoms with Crippen LogP contribution < -0.4 is 25.0 Å². The number of hydrogen-bond acceptors (Lipinski definition) is 5. The zero-order chi connectivity index (χ0) is 22.7. The minimum absolute atomic E-state index is 0.0567. The van der Waals surface area contributed by atoms with Gasteiger partial charge in [-0.1, -0.05) is 42.5 Å². The Labute approximate surface area is 187 Å². The van der Waals surface area contributed by atoms with Crippen LogP contribution in [0.4, 0.5) is 5.69 Å². The highest BCUT2D eigenvalue weighted by Crippen LogP contribution is 2.35. The Morgan fingerprint density at radius 3 is 2.69 bits per heavy atom. The number of carbonyl (C=O) groups is 2. The lowest BCUT2D eigenvalue weighted by atomic mass is 10.0. The molecule has 1 heterocycles. The fourth-order valence-electron chi connectivity index (χ4n) is 3.88. The average Bonchev–Trinajstić information content (AvgIpc) is 2.95. The van der Waals surface area contributed by atoms with Crippen LogP contribution >= 0.6 is 0 Å². The highest BCUT2D eigenvalue weighted by molar-refractivity contribution is 6.02. The van der Waals surface area contributed by atoms with Crippen molar-refractivity contribution >= 4 is 28.3 Å². The first-order valence-electron chi connectivity index (χ1n) is 10.6. The summed E-state index contributed by atoms with van der Waals surface area (Å²) >= 11 is 0. The van der Waals surface area contributed by atoms with Gasteiger partial charge in [-0.15, -0.1) is 0 Å². The van der Waals surface area contributed by atoms with Crippen molar-refractivity contribution in [2.75, 3.05) is 25.7 Å². The molecule has 3 aromatic rings. The van der Waals surface area contributed by atoms with E-state index in [0.717, 1.165) is 16.3 Å². The molecule has 0 saturated carbocycles. The fraction of sp³-hybridized carbons (Fsp3) is 0.280. The molecule has 166 valence electrons. The number of nitrogens with zero attached hydrogens (tertiary/aromatic N) is 1. The predicted molar refractivity (Wildman–Crippen MR) is 124 cm³/mol. The molecule has 3 aromatic carbocycles. The van der Waals surface area contributed by atoms with Crippen molar-refractivity contribution in [1.29, 1.82) is 0 Å². The summed E-state index contributed by atoms with van der Waals surface area (Å²) in [5, 5.41) is 7.78. The summed E-state index contributed by atoms with van der Waals surface area (Å²) in [4.78, 5) is 27.8. The Bertz CT molecular complexity index is 1150. The molecule has 1 aliphatic heterocycles. The summed E-state index contributed by atoms with van der Waals surface area (Å²) in [5.41, 5.74) is 1.55. The molecule has 2 N–H and O–H groups in total. The van der Waals surface area contributed by atoms with Gasteiger partial charge in [0.1, 0.15) is 24.1 Å². The maximum Gasteiger partial charge on any atom is 0.253 e. The van der Waals surface area contributed by atoms with Gasteiger partial charge in [0.15, 0.2) is 0 Å². The highest BCUT2D eigenvalue weighted by Gasteiger charge is 2.34. The zero-order valence-corrected chi connectivity index (χ0v) is 18.4. The number of para-hydroxylation sites is 2. The van der Waals surface area contributed by atoms with Crippen molar-refractivity contribution in [3.8, 4) is 11.5 Å². The molecule has 2 amide bonds. The van der Waals surface area contributed by atoms with Crippen molar-refractivity contribution in [2.24, 2.45) is 0 Å². The largest absolute Gasteiger partial charge is 0.496 e. The Kier molecular flexibility index (Phi) is 6.28. The van der Waals surface area contributed by atoms with Crippen LogP contribution in [0.15, 0.2) is 60.7 Å². The third-order valence-corrected chi connectivity index (χ3v) is 5.80. The van der Waals surface area contributed by atoms with Crippen LogP contribution in [0.1, 0.15) is 12.5 Å². The van der Waals surface area contributed by atoms with Crippen LogP contribution in [0.5, 0.6) is 11.5 Å². The number of hydrogen-bond donors (Lipinski definition) is 2. The molecule has 0 aromatic heterocycles. The quantitative estimate of drug-likeness (QED) is 0.625. The lowest BCUT2D eigenvalue weighted by Gasteiger charge is -2.27. The molecule has 0 bridgehead atoms. The van der Waals surface area contributed by atoms with Gasteiger partial charge in [0.25, 0.3) is 5.91 Å². The van der Waals surface area contributed by atoms with E-state index in [0.29, 0.717) is 17.2 Å². The van der Waals surface area contributed by atoms with E-state index in [4.69, 9.17) is 9.47 Å². The molecule has 0 radical (unpaired) electrons. The summed E-state index contributed by atoms with van der Waals surface area (Å²) < 4.78 is 11.6. The Balaban J connectivity index is 1.76. The molecule has 1 unspecified atom stereocenters. The van der Waals surface area contributed by atoms with Crippen LogP contribution in [-0.4, -0.2) is 44.7 Å². The van der Waals surface area contributed by atoms with Gasteiger partial charge in [-0.2, -0.15) is 0 Å². The SMILES string of the molecule is CN[C@@H](C)C(=O)NC1COc2ccccc2N(Cc2c(OC)ccc3ccccc23)C1=O. The highest BCUT2D eigenvalue weighted by atomic mass is 16.5. The summed E-state index contributed by atoms with van der Waals surface area (Å²) in [5.74, 6) is 0.798. The molecular weight excluding hydrogens is 406 g/mol. The van der Waals surface area contributed by atoms with Gasteiger partial charge < -0.3 is 25.0 Å². The number of rotatable bonds is 6. The van der Waals surface area contributed by atoms with Crippen molar-refractivity contribution in [2.45, 2.75) is 25.6 Å². The van der Waals surface area contributed by atoms with Crippen LogP contribution in [-0.2, 0) is 16.1 Å². The van der Waals surface area contributed by atoms with E-state index >= 15 is 0 Å². The number of nitrogens with one attached hydrogen (secondary N) is 2. The van der Waals surface area contributed by atoms with Gasteiger partial charge in [0.05, 0.1) is 25.4 Å². The molecule has 32 heavy (non-hydrogen) atoms. The standard InChI is InChI=1S/C25H27N3O4/c1-16(26-2)24(29)27-20-15-32-23-11-7-6-10-21(23)28(25(20)30)14-19-18-9-5-4-8-17(18)12-13-22(19)31-3/h4-13,16,20,26H,14-15H2,1-3H3,(H,27,29)/t16-,20?/m0/s1. The number of likely N-dealkylation sites (N-methyl/N-ethyl adjacent to an activating group) is 1. The van der Waals surface area contributed by atoms with Crippen molar-refractivity contribution in [3.63, 3.8) is 0 Å². The lowest BCUT2D eigenvalue weighted by Crippen LogP contribution is -2.53. The summed E-state index contributed by atoms with van der Waals surface area (Å²) in [7, 11) is 3.32. The second kappa shape index (κ2) is 9.28. The lowest BCUT2D eigenvalue weighted by molar-refractivity contribution is -0.129. The normalized spacial score (nSPS) is 16.7. The van der Waals surface area contributed by atoms with E-state index < -0.39 is 12.1 Å². The van der Waals surface area contributed by atoms with Gasteiger partial charge in [-0.05, 0) is 42.9 Å². The minimum Gasteiger partial charge on any atom is -0.496 e. The molecule has 7 heteroatoms. The van der Waals surface area contributed by atoms with E-state index in [1.165, 1.54) is 0 Å². The van der Waals surface area contributed by atoms with Crippen LogP contribution in [0.3, 0.4) is 0 Å². The zero-order valence-electron chi connectivity index (χ0n) is 18.4. The minimum atomic E-state index is -0.813. The Hall–Kier alpha value is -3.58. The topological polar surface area (TPSA) is 79.9 Å². The molecule has 4 rings (SSSR count). The van der Waals surface area contributed by atoms with Gasteiger partial charge in [-0.25, -0.2) is 0 Å². The predicted octanol–water partition coefficient (Wildman–Crippen LogP) is 2.87. The number of anilines is 1. The summed E-state index contributed by atoms with van der Waals surface area (Å²) in [6, 6.07) is 18.1. The molecule has 0 saturated heterocycles. The number of fused-ring (bicyclic) bond motifs is 2. The van der Waals surface area contributed by atoms with E-state index in [-0.39, 0.29) is 25.0 Å². The van der Waals surface area contributed by atoms with E-state index in [2.05, 4.69) is 10.6 Å². The third-order valence-electron chi connectivity index (χ3n) is 5.80. The number of carbonyl (C=O) groups excluding carboxylic acids is 2. The average molecular weight is 434 g/mol. The molecule has 0 aliphatic carbocycles. The van der Waals surface area contributed by atoms with Gasteiger partial charge in [0.2, 0.25) is 5.91 Å². The second-order valence-electron chi connectivity index (χ2n) is 7.74. The third kappa shape index (κ3) is 4.11. The Morgan fingerprint density at radius 2 is 1.91 bits per heavy atom. The maximum atomic E-state index is 13.7. The summed E-state index contributed by atoms with van der Waals surface area (Å²) in [6.45, 7) is 2.07. The number of benzene rings is 3. The molecule has 7 nitrogen and oxygen atoms in total. The van der Waals surface area contributed by atoms with Crippen LogP contribution in [0.25, 0.3) is 10.8 Å². The molecular formula is C25H27N3O4. The summed E-state index contributed by atoms with van der Waals surface area (Å²) in [6.07, 6.45) is 0. The number of amides is 2. The fourth-order valence-corrected chi connectivity index (χ4v) is 3.88. The van der Waals surface area contributed by atoms with E-state index in [1.54, 1.807) is 26.0 Å². The van der Waals surface area contributed by atoms with Crippen LogP contribution in [0, 0.1) is 0 Å². The molecule has 0 fully saturated rings. The van der Waals surface area contributed by atoms with Gasteiger partial charge >= 0.3 is 0 Å². The van der Waals surface area contributed by atoms with Gasteiger partial charge in [0, 0.05) is 5.56 Å². The molecule has 2 atom stereocenters. The first kappa shape index (κ1) is 21.6. The van der Waals surface area contributed by atoms with Gasteiger partial charge in [-0.3, -0.25) is 9.59 Å². The maximum absolute atomic E-state index is 13.7. The van der Waals surface area contributed by atoms with Crippen molar-refractivity contribution < 1.29 is 19.1 Å².